The van der Waals surface area contributed by atoms with Crippen LogP contribution in [-0.2, 0) is 6.54 Å². The van der Waals surface area contributed by atoms with Gasteiger partial charge in [-0.25, -0.2) is 0 Å². The molecule has 5 N–H and O–H groups in total. The van der Waals surface area contributed by atoms with E-state index in [-0.39, 0.29) is 24.3 Å². The molecule has 1 rings (SSSR count). The van der Waals surface area contributed by atoms with Crippen molar-refractivity contribution in [3.8, 4) is 0 Å². The number of aliphatic hydroxyl groups excluding tert-OH is 1. The number of hydrogen-bond acceptors (Lipinski definition) is 4. The Balaban J connectivity index is 2.85. The number of hydrogen-bond donors (Lipinski definition) is 3. The topological polar surface area (TPSA) is 92.6 Å². The van der Waals surface area contributed by atoms with Crippen molar-refractivity contribution in [3.05, 3.63) is 29.3 Å². The highest BCUT2D eigenvalue weighted by Crippen LogP contribution is 2.20. The Morgan fingerprint density at radius 2 is 2.00 bits per heavy atom. The maximum absolute atomic E-state index is 12.4. The van der Waals surface area contributed by atoms with Crippen LogP contribution < -0.4 is 11.5 Å². The van der Waals surface area contributed by atoms with Crippen molar-refractivity contribution in [3.63, 3.8) is 0 Å². The van der Waals surface area contributed by atoms with Gasteiger partial charge < -0.3 is 16.6 Å². The van der Waals surface area contributed by atoms with Gasteiger partial charge >= 0.3 is 6.18 Å². The summed E-state index contributed by atoms with van der Waals surface area (Å²) >= 11 is 0. The molecular formula is C12H16F3N3O2. The fraction of sp³-hybridized carbons (Fsp3) is 0.417. The second-order valence-corrected chi connectivity index (χ2v) is 4.33. The molecule has 112 valence electrons. The lowest BCUT2D eigenvalue weighted by Crippen LogP contribution is -2.36. The summed E-state index contributed by atoms with van der Waals surface area (Å²) in [5.74, 6) is -0.661. The Morgan fingerprint density at radius 3 is 2.45 bits per heavy atom. The predicted molar refractivity (Wildman–Crippen MR) is 67.8 cm³/mol. The summed E-state index contributed by atoms with van der Waals surface area (Å²) in [7, 11) is 0. The fourth-order valence-electron chi connectivity index (χ4n) is 1.74. The molecular weight excluding hydrogens is 275 g/mol. The third-order valence-corrected chi connectivity index (χ3v) is 2.64. The van der Waals surface area contributed by atoms with Gasteiger partial charge in [-0.15, -0.1) is 0 Å². The number of nitrogens with two attached hydrogens (primary N) is 2. The van der Waals surface area contributed by atoms with E-state index < -0.39 is 25.2 Å². The van der Waals surface area contributed by atoms with Crippen LogP contribution in [0.15, 0.2) is 18.2 Å². The zero-order chi connectivity index (χ0) is 15.3. The highest BCUT2D eigenvalue weighted by Gasteiger charge is 2.30. The van der Waals surface area contributed by atoms with Gasteiger partial charge in [-0.05, 0) is 17.7 Å². The molecule has 0 saturated heterocycles. The first-order valence-corrected chi connectivity index (χ1v) is 5.81. The number of rotatable bonds is 6. The molecule has 0 saturated carbocycles. The Bertz CT molecular complexity index is 478. The molecule has 0 atom stereocenters. The van der Waals surface area contributed by atoms with Gasteiger partial charge in [0.05, 0.1) is 13.2 Å². The minimum Gasteiger partial charge on any atom is -0.398 e. The maximum Gasteiger partial charge on any atom is 0.401 e. The first-order valence-electron chi connectivity index (χ1n) is 5.81. The summed E-state index contributed by atoms with van der Waals surface area (Å²) in [6.45, 7) is -1.75. The van der Waals surface area contributed by atoms with E-state index in [0.717, 1.165) is 4.90 Å². The van der Waals surface area contributed by atoms with Gasteiger partial charge in [0, 0.05) is 24.3 Å². The largest absolute Gasteiger partial charge is 0.401 e. The van der Waals surface area contributed by atoms with Gasteiger partial charge in [-0.2, -0.15) is 13.2 Å². The fourth-order valence-corrected chi connectivity index (χ4v) is 1.74. The number of nitrogens with zero attached hydrogens (tertiary/aromatic N) is 1. The number of halogens is 3. The predicted octanol–water partition coefficient (Wildman–Crippen LogP) is 0.724. The molecule has 1 aromatic carbocycles. The van der Waals surface area contributed by atoms with Crippen molar-refractivity contribution in [1.82, 2.24) is 4.90 Å². The van der Waals surface area contributed by atoms with Crippen molar-refractivity contribution >= 4 is 11.6 Å². The highest BCUT2D eigenvalue weighted by molar-refractivity contribution is 5.93. The van der Waals surface area contributed by atoms with E-state index in [4.69, 9.17) is 16.6 Å². The smallest absolute Gasteiger partial charge is 0.398 e. The van der Waals surface area contributed by atoms with E-state index in [1.807, 2.05) is 0 Å². The standard InChI is InChI=1S/C12H16F3N3O2/c13-12(14,15)7-18(3-4-19)6-9-2-1-8(11(17)20)5-10(9)16/h1-2,5,19H,3-4,6-7,16H2,(H2,17,20). The van der Waals surface area contributed by atoms with E-state index >= 15 is 0 Å². The summed E-state index contributed by atoms with van der Waals surface area (Å²) < 4.78 is 37.2. The number of amides is 1. The molecule has 0 aliphatic carbocycles. The average Bonchev–Trinajstić information content (AvgIpc) is 2.29. The van der Waals surface area contributed by atoms with Crippen molar-refractivity contribution in [2.75, 3.05) is 25.4 Å². The van der Waals surface area contributed by atoms with Gasteiger partial charge in [-0.1, -0.05) is 6.07 Å². The summed E-state index contributed by atoms with van der Waals surface area (Å²) in [4.78, 5) is 12.0. The van der Waals surface area contributed by atoms with E-state index in [9.17, 15) is 18.0 Å². The Hall–Kier alpha value is -1.80. The van der Waals surface area contributed by atoms with Crippen LogP contribution in [0.5, 0.6) is 0 Å². The molecule has 0 spiro atoms. The number of primary amides is 1. The Morgan fingerprint density at radius 1 is 1.35 bits per heavy atom. The van der Waals surface area contributed by atoms with Crippen molar-refractivity contribution in [2.45, 2.75) is 12.7 Å². The molecule has 20 heavy (non-hydrogen) atoms. The number of carbonyl (C=O) groups is 1. The first-order chi connectivity index (χ1) is 9.23. The van der Waals surface area contributed by atoms with Crippen molar-refractivity contribution < 1.29 is 23.1 Å². The molecule has 0 unspecified atom stereocenters. The Kier molecular flexibility index (Phi) is 5.34. The van der Waals surface area contributed by atoms with Crippen LogP contribution in [0.2, 0.25) is 0 Å². The van der Waals surface area contributed by atoms with Gasteiger partial charge in [0.15, 0.2) is 0 Å². The second-order valence-electron chi connectivity index (χ2n) is 4.33. The van der Waals surface area contributed by atoms with Gasteiger partial charge in [0.1, 0.15) is 0 Å². The number of aliphatic hydroxyl groups is 1. The number of nitrogen functional groups attached to an aromatic ring is 1. The van der Waals surface area contributed by atoms with Crippen LogP contribution in [0.3, 0.4) is 0 Å². The lowest BCUT2D eigenvalue weighted by atomic mass is 10.1. The van der Waals surface area contributed by atoms with Crippen LogP contribution in [0, 0.1) is 0 Å². The van der Waals surface area contributed by atoms with Crippen LogP contribution in [0.25, 0.3) is 0 Å². The van der Waals surface area contributed by atoms with E-state index in [1.54, 1.807) is 0 Å². The summed E-state index contributed by atoms with van der Waals surface area (Å²) in [5.41, 5.74) is 11.6. The van der Waals surface area contributed by atoms with Crippen LogP contribution in [0.1, 0.15) is 15.9 Å². The monoisotopic (exact) mass is 291 g/mol. The molecule has 1 amide bonds. The number of alkyl halides is 3. The van der Waals surface area contributed by atoms with E-state index in [1.165, 1.54) is 18.2 Å². The zero-order valence-electron chi connectivity index (χ0n) is 10.7. The second kappa shape index (κ2) is 6.58. The summed E-state index contributed by atoms with van der Waals surface area (Å²) in [6.07, 6.45) is -4.36. The van der Waals surface area contributed by atoms with Crippen LogP contribution >= 0.6 is 0 Å². The molecule has 0 aliphatic rings. The average molecular weight is 291 g/mol. The van der Waals surface area contributed by atoms with Crippen molar-refractivity contribution in [1.29, 1.82) is 0 Å². The zero-order valence-corrected chi connectivity index (χ0v) is 10.7. The summed E-state index contributed by atoms with van der Waals surface area (Å²) in [5, 5.41) is 8.80. The summed E-state index contributed by atoms with van der Waals surface area (Å²) in [6, 6.07) is 4.18. The number of anilines is 1. The molecule has 0 aromatic heterocycles. The van der Waals surface area contributed by atoms with E-state index in [0.29, 0.717) is 5.56 Å². The SMILES string of the molecule is NC(=O)c1ccc(CN(CCO)CC(F)(F)F)c(N)c1. The van der Waals surface area contributed by atoms with Crippen LogP contribution in [0.4, 0.5) is 18.9 Å². The molecule has 0 bridgehead atoms. The molecule has 1 aromatic rings. The molecule has 0 aliphatic heterocycles. The normalized spacial score (nSPS) is 11.8. The van der Waals surface area contributed by atoms with E-state index in [2.05, 4.69) is 0 Å². The first kappa shape index (κ1) is 16.3. The number of carbonyl (C=O) groups excluding carboxylic acids is 1. The lowest BCUT2D eigenvalue weighted by molar-refractivity contribution is -0.147. The molecule has 5 nitrogen and oxygen atoms in total. The number of benzene rings is 1. The highest BCUT2D eigenvalue weighted by atomic mass is 19.4. The van der Waals surface area contributed by atoms with Crippen LogP contribution in [-0.4, -0.2) is 41.8 Å². The maximum atomic E-state index is 12.4. The molecule has 8 heteroatoms. The lowest BCUT2D eigenvalue weighted by Gasteiger charge is -2.23. The third-order valence-electron chi connectivity index (χ3n) is 2.64. The molecule has 0 heterocycles. The van der Waals surface area contributed by atoms with Gasteiger partial charge in [-0.3, -0.25) is 9.69 Å². The Labute approximate surface area is 114 Å². The van der Waals surface area contributed by atoms with Crippen molar-refractivity contribution in [2.24, 2.45) is 5.73 Å². The van der Waals surface area contributed by atoms with Gasteiger partial charge in [0.25, 0.3) is 0 Å². The quantitative estimate of drug-likeness (QED) is 0.673. The minimum atomic E-state index is -4.36. The minimum absolute atomic E-state index is 0.0784. The molecule has 0 fully saturated rings. The third kappa shape index (κ3) is 5.06. The molecule has 0 radical (unpaired) electrons. The van der Waals surface area contributed by atoms with Gasteiger partial charge in [0.2, 0.25) is 5.91 Å².